The Hall–Kier alpha value is -5.19. The SMILES string of the molecule is CCN(CC)c1ccc(/C=C/C2=CC(=C/C=C/C3=C(C#N)C(=C(C#N)C#N)OC3(C)c3ccc(F)cc3F)/CC(C)(C)C2)cc1. The Morgan fingerprint density at radius 1 is 0.933 bits per heavy atom. The molecule has 7 heteroatoms. The molecular weight excluding hydrogens is 566 g/mol. The van der Waals surface area contributed by atoms with Gasteiger partial charge in [0.05, 0.1) is 0 Å². The first kappa shape index (κ1) is 32.7. The van der Waals surface area contributed by atoms with Crippen LogP contribution >= 0.6 is 0 Å². The minimum Gasteiger partial charge on any atom is -0.474 e. The average molecular weight is 603 g/mol. The van der Waals surface area contributed by atoms with E-state index in [0.717, 1.165) is 49.2 Å². The summed E-state index contributed by atoms with van der Waals surface area (Å²) in [5, 5.41) is 29.1. The molecule has 2 aliphatic rings. The second-order valence-corrected chi connectivity index (χ2v) is 12.0. The second-order valence-electron chi connectivity index (χ2n) is 12.0. The molecule has 45 heavy (non-hydrogen) atoms. The Morgan fingerprint density at radius 3 is 2.22 bits per heavy atom. The largest absolute Gasteiger partial charge is 0.474 e. The molecule has 228 valence electrons. The van der Waals surface area contributed by atoms with Crippen LogP contribution in [0.15, 0.2) is 106 Å². The molecule has 0 fully saturated rings. The fourth-order valence-electron chi connectivity index (χ4n) is 5.98. The molecule has 1 unspecified atom stereocenters. The zero-order valence-electron chi connectivity index (χ0n) is 26.3. The maximum absolute atomic E-state index is 15.0. The molecule has 2 aromatic carbocycles. The number of anilines is 1. The first-order valence-electron chi connectivity index (χ1n) is 14.9. The van der Waals surface area contributed by atoms with E-state index in [2.05, 4.69) is 75.1 Å². The van der Waals surface area contributed by atoms with Gasteiger partial charge >= 0.3 is 0 Å². The number of rotatable bonds is 8. The van der Waals surface area contributed by atoms with Gasteiger partial charge in [0.1, 0.15) is 35.4 Å². The van der Waals surface area contributed by atoms with Crippen LogP contribution in [0.4, 0.5) is 14.5 Å². The van der Waals surface area contributed by atoms with Gasteiger partial charge in [-0.25, -0.2) is 8.78 Å². The second kappa shape index (κ2) is 13.6. The van der Waals surface area contributed by atoms with Gasteiger partial charge in [0.2, 0.25) is 0 Å². The lowest BCUT2D eigenvalue weighted by molar-refractivity contribution is 0.0718. The number of benzene rings is 2. The Kier molecular flexibility index (Phi) is 9.91. The third-order valence-corrected chi connectivity index (χ3v) is 8.14. The average Bonchev–Trinajstić information content (AvgIpc) is 3.28. The van der Waals surface area contributed by atoms with Crippen molar-refractivity contribution in [3.05, 3.63) is 129 Å². The van der Waals surface area contributed by atoms with Crippen LogP contribution in [0.1, 0.15) is 58.6 Å². The van der Waals surface area contributed by atoms with Gasteiger partial charge in [-0.2, -0.15) is 15.8 Å². The monoisotopic (exact) mass is 602 g/mol. The summed E-state index contributed by atoms with van der Waals surface area (Å²) >= 11 is 0. The minimum atomic E-state index is -1.58. The predicted octanol–water partition coefficient (Wildman–Crippen LogP) is 9.12. The molecule has 5 nitrogen and oxygen atoms in total. The van der Waals surface area contributed by atoms with E-state index in [0.29, 0.717) is 0 Å². The van der Waals surface area contributed by atoms with Gasteiger partial charge in [0, 0.05) is 36.0 Å². The molecule has 1 atom stereocenters. The minimum absolute atomic E-state index is 0.00438. The molecule has 0 bridgehead atoms. The topological polar surface area (TPSA) is 83.8 Å². The Bertz CT molecular complexity index is 1770. The van der Waals surface area contributed by atoms with Crippen molar-refractivity contribution in [1.82, 2.24) is 0 Å². The Morgan fingerprint density at radius 2 is 1.62 bits per heavy atom. The highest BCUT2D eigenvalue weighted by atomic mass is 19.1. The first-order valence-corrected chi connectivity index (χ1v) is 14.9. The molecule has 0 amide bonds. The van der Waals surface area contributed by atoms with Gasteiger partial charge < -0.3 is 9.64 Å². The van der Waals surface area contributed by atoms with E-state index in [-0.39, 0.29) is 27.9 Å². The van der Waals surface area contributed by atoms with Gasteiger partial charge in [0.25, 0.3) is 0 Å². The van der Waals surface area contributed by atoms with Gasteiger partial charge in [0.15, 0.2) is 16.9 Å². The number of hydrogen-bond donors (Lipinski definition) is 0. The smallest absolute Gasteiger partial charge is 0.172 e. The summed E-state index contributed by atoms with van der Waals surface area (Å²) in [7, 11) is 0. The number of allylic oxidation sites excluding steroid dienone is 8. The van der Waals surface area contributed by atoms with Crippen LogP contribution in [0.2, 0.25) is 0 Å². The summed E-state index contributed by atoms with van der Waals surface area (Å²) in [6.07, 6.45) is 13.5. The molecule has 0 aromatic heterocycles. The van der Waals surface area contributed by atoms with E-state index in [1.807, 2.05) is 12.1 Å². The van der Waals surface area contributed by atoms with Crippen LogP contribution in [0, 0.1) is 51.0 Å². The standard InChI is InChI=1S/C38H36F2N4O/c1-6-44(7-2)31-16-13-26(14-17-31)11-12-28-19-27(21-37(3,4)22-28)9-8-10-33-32(25-43)36(29(23-41)24-42)45-38(33,5)34-18-15-30(39)20-35(34)40/h8-20H,6-7,21-22H2,1-5H3/b10-8+,12-11+,27-9-. The Balaban J connectivity index is 1.70. The third kappa shape index (κ3) is 7.14. The number of ether oxygens (including phenoxy) is 1. The lowest BCUT2D eigenvalue weighted by atomic mass is 9.75. The van der Waals surface area contributed by atoms with E-state index in [9.17, 15) is 20.2 Å². The van der Waals surface area contributed by atoms with Gasteiger partial charge in [-0.3, -0.25) is 0 Å². The van der Waals surface area contributed by atoms with Gasteiger partial charge in [-0.05, 0) is 80.0 Å². The van der Waals surface area contributed by atoms with Crippen molar-refractivity contribution < 1.29 is 13.5 Å². The molecule has 4 rings (SSSR count). The van der Waals surface area contributed by atoms with Crippen LogP contribution in [0.3, 0.4) is 0 Å². The molecule has 0 N–H and O–H groups in total. The molecule has 1 aliphatic heterocycles. The molecule has 0 radical (unpaired) electrons. The maximum atomic E-state index is 15.0. The highest BCUT2D eigenvalue weighted by Gasteiger charge is 2.45. The van der Waals surface area contributed by atoms with Crippen molar-refractivity contribution in [3.63, 3.8) is 0 Å². The zero-order valence-corrected chi connectivity index (χ0v) is 26.3. The number of nitrogens with zero attached hydrogens (tertiary/aromatic N) is 4. The highest BCUT2D eigenvalue weighted by molar-refractivity contribution is 5.63. The van der Waals surface area contributed by atoms with Crippen molar-refractivity contribution in [3.8, 4) is 18.2 Å². The van der Waals surface area contributed by atoms with Crippen molar-refractivity contribution in [1.29, 1.82) is 15.8 Å². The third-order valence-electron chi connectivity index (χ3n) is 8.14. The summed E-state index contributed by atoms with van der Waals surface area (Å²) in [5.74, 6) is -1.85. The van der Waals surface area contributed by atoms with Crippen molar-refractivity contribution >= 4 is 11.8 Å². The van der Waals surface area contributed by atoms with Crippen molar-refractivity contribution in [2.45, 2.75) is 53.1 Å². The molecular formula is C38H36F2N4O. The molecule has 2 aromatic rings. The van der Waals surface area contributed by atoms with E-state index in [4.69, 9.17) is 4.74 Å². The molecule has 0 saturated heterocycles. The maximum Gasteiger partial charge on any atom is 0.172 e. The summed E-state index contributed by atoms with van der Waals surface area (Å²) < 4.78 is 34.8. The first-order chi connectivity index (χ1) is 21.5. The van der Waals surface area contributed by atoms with Gasteiger partial charge in [-0.1, -0.05) is 62.4 Å². The summed E-state index contributed by atoms with van der Waals surface area (Å²) in [4.78, 5) is 2.30. The van der Waals surface area contributed by atoms with Crippen molar-refractivity contribution in [2.24, 2.45) is 5.41 Å². The van der Waals surface area contributed by atoms with Crippen LogP contribution in [0.25, 0.3) is 6.08 Å². The number of halogens is 2. The summed E-state index contributed by atoms with van der Waals surface area (Å²) in [6, 6.07) is 17.1. The molecule has 1 heterocycles. The molecule has 1 aliphatic carbocycles. The fourth-order valence-corrected chi connectivity index (χ4v) is 5.98. The fraction of sp³-hybridized carbons (Fsp3) is 0.289. The van der Waals surface area contributed by atoms with E-state index in [1.165, 1.54) is 24.3 Å². The van der Waals surface area contributed by atoms with Gasteiger partial charge in [-0.15, -0.1) is 0 Å². The van der Waals surface area contributed by atoms with E-state index >= 15 is 4.39 Å². The Labute approximate surface area is 264 Å². The predicted molar refractivity (Wildman–Crippen MR) is 173 cm³/mol. The summed E-state index contributed by atoms with van der Waals surface area (Å²) in [5.41, 5.74) is 2.76. The van der Waals surface area contributed by atoms with E-state index in [1.54, 1.807) is 24.3 Å². The zero-order chi connectivity index (χ0) is 32.8. The van der Waals surface area contributed by atoms with E-state index < -0.39 is 22.8 Å². The van der Waals surface area contributed by atoms with Crippen LogP contribution < -0.4 is 4.90 Å². The lowest BCUT2D eigenvalue weighted by Crippen LogP contribution is -2.25. The molecule has 0 spiro atoms. The normalized spacial score (nSPS) is 20.1. The quantitative estimate of drug-likeness (QED) is 0.281. The van der Waals surface area contributed by atoms with Crippen LogP contribution in [0.5, 0.6) is 0 Å². The number of nitriles is 3. The van der Waals surface area contributed by atoms with Crippen molar-refractivity contribution in [2.75, 3.05) is 18.0 Å². The number of hydrogen-bond acceptors (Lipinski definition) is 5. The lowest BCUT2D eigenvalue weighted by Gasteiger charge is -2.30. The highest BCUT2D eigenvalue weighted by Crippen LogP contribution is 2.48. The van der Waals surface area contributed by atoms with Crippen LogP contribution in [-0.2, 0) is 10.3 Å². The summed E-state index contributed by atoms with van der Waals surface area (Å²) in [6.45, 7) is 12.2. The van der Waals surface area contributed by atoms with Crippen LogP contribution in [-0.4, -0.2) is 13.1 Å². The molecule has 0 saturated carbocycles.